The van der Waals surface area contributed by atoms with Crippen LogP contribution >= 0.6 is 0 Å². The Morgan fingerprint density at radius 3 is 2.38 bits per heavy atom. The molecule has 0 spiro atoms. The van der Waals surface area contributed by atoms with E-state index in [1.165, 1.54) is 0 Å². The van der Waals surface area contributed by atoms with Gasteiger partial charge in [0.1, 0.15) is 0 Å². The quantitative estimate of drug-likeness (QED) is 0.402. The molecule has 0 bridgehead atoms. The van der Waals surface area contributed by atoms with E-state index in [-0.39, 0.29) is 16.7 Å². The predicted molar refractivity (Wildman–Crippen MR) is 120 cm³/mol. The van der Waals surface area contributed by atoms with Gasteiger partial charge in [-0.05, 0) is 36.2 Å². The fourth-order valence-corrected chi connectivity index (χ4v) is 4.49. The molecule has 2 heterocycles. The molecule has 1 aliphatic heterocycles. The first kappa shape index (κ1) is 21.7. The molecule has 0 amide bonds. The molecule has 0 unspecified atom stereocenters. The van der Waals surface area contributed by atoms with Crippen LogP contribution in [0.25, 0.3) is 0 Å². The van der Waals surface area contributed by atoms with E-state index in [9.17, 15) is 10.1 Å². The van der Waals surface area contributed by atoms with Gasteiger partial charge in [-0.3, -0.25) is 15.0 Å². The Balaban J connectivity index is 1.84. The molecule has 1 atom stereocenters. The van der Waals surface area contributed by atoms with Crippen molar-refractivity contribution >= 4 is 5.69 Å². The lowest BCUT2D eigenvalue weighted by molar-refractivity contribution is -0.385. The SMILES string of the molecule is COc1cc([C@H]2c3cccn3CCCN2Cc2ccccc2[N+](=O)[O-])cc(OC)c1OC. The number of methoxy groups -OCH3 is 3. The number of para-hydroxylation sites is 1. The molecular formula is C24H27N3O5. The molecule has 32 heavy (non-hydrogen) atoms. The highest BCUT2D eigenvalue weighted by molar-refractivity contribution is 5.55. The molecule has 0 radical (unpaired) electrons. The van der Waals surface area contributed by atoms with E-state index in [1.54, 1.807) is 33.5 Å². The van der Waals surface area contributed by atoms with Crippen molar-refractivity contribution in [3.63, 3.8) is 0 Å². The third kappa shape index (κ3) is 4.01. The van der Waals surface area contributed by atoms with Crippen LogP contribution in [0.3, 0.4) is 0 Å². The van der Waals surface area contributed by atoms with Crippen LogP contribution in [0, 0.1) is 10.1 Å². The van der Waals surface area contributed by atoms with Crippen LogP contribution in [0.1, 0.15) is 29.3 Å². The zero-order chi connectivity index (χ0) is 22.7. The summed E-state index contributed by atoms with van der Waals surface area (Å²) < 4.78 is 18.9. The number of benzene rings is 2. The minimum absolute atomic E-state index is 0.135. The molecule has 0 aliphatic carbocycles. The van der Waals surface area contributed by atoms with Crippen molar-refractivity contribution in [2.75, 3.05) is 27.9 Å². The molecule has 8 heteroatoms. The first-order valence-corrected chi connectivity index (χ1v) is 10.5. The second-order valence-electron chi connectivity index (χ2n) is 7.70. The van der Waals surface area contributed by atoms with Crippen LogP contribution < -0.4 is 14.2 Å². The summed E-state index contributed by atoms with van der Waals surface area (Å²) in [5, 5.41) is 11.6. The van der Waals surface area contributed by atoms with E-state index >= 15 is 0 Å². The van der Waals surface area contributed by atoms with Gasteiger partial charge >= 0.3 is 0 Å². The number of aromatic nitrogens is 1. The molecule has 8 nitrogen and oxygen atoms in total. The fourth-order valence-electron chi connectivity index (χ4n) is 4.49. The smallest absolute Gasteiger partial charge is 0.273 e. The molecular weight excluding hydrogens is 410 g/mol. The van der Waals surface area contributed by atoms with E-state index in [2.05, 4.69) is 21.7 Å². The number of aryl methyl sites for hydroxylation is 1. The predicted octanol–water partition coefficient (Wildman–Crippen LogP) is 4.42. The lowest BCUT2D eigenvalue weighted by atomic mass is 9.99. The number of ether oxygens (including phenoxy) is 3. The van der Waals surface area contributed by atoms with E-state index in [0.717, 1.165) is 30.8 Å². The van der Waals surface area contributed by atoms with Gasteiger partial charge in [0.05, 0.1) is 32.3 Å². The van der Waals surface area contributed by atoms with Crippen molar-refractivity contribution in [2.45, 2.75) is 25.6 Å². The van der Waals surface area contributed by atoms with Gasteiger partial charge in [0.15, 0.2) is 11.5 Å². The van der Waals surface area contributed by atoms with Crippen molar-refractivity contribution in [3.05, 3.63) is 81.7 Å². The molecule has 1 aliphatic rings. The molecule has 0 saturated carbocycles. The Morgan fingerprint density at radius 2 is 1.72 bits per heavy atom. The zero-order valence-electron chi connectivity index (χ0n) is 18.5. The Hall–Kier alpha value is -3.52. The van der Waals surface area contributed by atoms with Crippen molar-refractivity contribution in [1.29, 1.82) is 0 Å². The van der Waals surface area contributed by atoms with Gasteiger partial charge in [-0.2, -0.15) is 0 Å². The van der Waals surface area contributed by atoms with Gasteiger partial charge in [0.2, 0.25) is 5.75 Å². The number of nitrogens with zero attached hydrogens (tertiary/aromatic N) is 3. The van der Waals surface area contributed by atoms with E-state index < -0.39 is 0 Å². The average Bonchev–Trinajstić information content (AvgIpc) is 3.19. The molecule has 0 saturated heterocycles. The standard InChI is InChI=1S/C24H27N3O5/c1-30-21-14-18(15-22(31-2)24(21)32-3)23-20-10-6-11-25(20)12-7-13-26(23)16-17-8-4-5-9-19(17)27(28)29/h4-6,8-11,14-15,23H,7,12-13,16H2,1-3H3/t23-/m0/s1. The van der Waals surface area contributed by atoms with E-state index in [4.69, 9.17) is 14.2 Å². The molecule has 0 fully saturated rings. The number of fused-ring (bicyclic) bond motifs is 1. The van der Waals surface area contributed by atoms with Gasteiger partial charge < -0.3 is 18.8 Å². The van der Waals surface area contributed by atoms with Crippen LogP contribution in [0.4, 0.5) is 5.69 Å². The summed E-state index contributed by atoms with van der Waals surface area (Å²) in [6.07, 6.45) is 3.01. The second kappa shape index (κ2) is 9.32. The summed E-state index contributed by atoms with van der Waals surface area (Å²) in [7, 11) is 4.78. The summed E-state index contributed by atoms with van der Waals surface area (Å²) in [5.74, 6) is 1.69. The van der Waals surface area contributed by atoms with Gasteiger partial charge in [0.25, 0.3) is 5.69 Å². The van der Waals surface area contributed by atoms with Crippen molar-refractivity contribution < 1.29 is 19.1 Å². The maximum absolute atomic E-state index is 11.6. The van der Waals surface area contributed by atoms with E-state index in [0.29, 0.717) is 29.4 Å². The van der Waals surface area contributed by atoms with Crippen LogP contribution in [0.5, 0.6) is 17.2 Å². The number of rotatable bonds is 7. The summed E-state index contributed by atoms with van der Waals surface area (Å²) in [6.45, 7) is 2.12. The van der Waals surface area contributed by atoms with Crippen LogP contribution in [-0.2, 0) is 13.1 Å². The largest absolute Gasteiger partial charge is 0.493 e. The van der Waals surface area contributed by atoms with Crippen LogP contribution in [-0.4, -0.2) is 42.3 Å². The highest BCUT2D eigenvalue weighted by atomic mass is 16.6. The monoisotopic (exact) mass is 437 g/mol. The average molecular weight is 437 g/mol. The van der Waals surface area contributed by atoms with Gasteiger partial charge in [-0.1, -0.05) is 18.2 Å². The lowest BCUT2D eigenvalue weighted by Gasteiger charge is -2.31. The number of nitro benzene ring substituents is 1. The summed E-state index contributed by atoms with van der Waals surface area (Å²) >= 11 is 0. The third-order valence-corrected chi connectivity index (χ3v) is 5.92. The van der Waals surface area contributed by atoms with Crippen molar-refractivity contribution in [3.8, 4) is 17.2 Å². The lowest BCUT2D eigenvalue weighted by Crippen LogP contribution is -2.30. The molecule has 1 aromatic heterocycles. The highest BCUT2D eigenvalue weighted by Crippen LogP contribution is 2.43. The molecule has 2 aromatic carbocycles. The second-order valence-corrected chi connectivity index (χ2v) is 7.70. The number of hydrogen-bond acceptors (Lipinski definition) is 6. The molecule has 3 aromatic rings. The number of hydrogen-bond donors (Lipinski definition) is 0. The van der Waals surface area contributed by atoms with Gasteiger partial charge in [-0.15, -0.1) is 0 Å². The highest BCUT2D eigenvalue weighted by Gasteiger charge is 2.30. The zero-order valence-corrected chi connectivity index (χ0v) is 18.5. The Morgan fingerprint density at radius 1 is 1.00 bits per heavy atom. The Kier molecular flexibility index (Phi) is 6.32. The maximum atomic E-state index is 11.6. The van der Waals surface area contributed by atoms with Gasteiger partial charge in [0, 0.05) is 43.2 Å². The maximum Gasteiger partial charge on any atom is 0.273 e. The van der Waals surface area contributed by atoms with Crippen LogP contribution in [0.2, 0.25) is 0 Å². The topological polar surface area (TPSA) is 79.0 Å². The first-order valence-electron chi connectivity index (χ1n) is 10.5. The molecule has 0 N–H and O–H groups in total. The van der Waals surface area contributed by atoms with Crippen molar-refractivity contribution in [1.82, 2.24) is 9.47 Å². The first-order chi connectivity index (χ1) is 15.6. The van der Waals surface area contributed by atoms with Gasteiger partial charge in [-0.25, -0.2) is 0 Å². The number of nitro groups is 1. The Bertz CT molecular complexity index is 1090. The van der Waals surface area contributed by atoms with Crippen molar-refractivity contribution in [2.24, 2.45) is 0 Å². The Labute approximate surface area is 187 Å². The minimum Gasteiger partial charge on any atom is -0.493 e. The minimum atomic E-state index is -0.315. The third-order valence-electron chi connectivity index (χ3n) is 5.92. The summed E-state index contributed by atoms with van der Waals surface area (Å²) in [6, 6.07) is 14.9. The summed E-state index contributed by atoms with van der Waals surface area (Å²) in [4.78, 5) is 13.6. The molecule has 4 rings (SSSR count). The van der Waals surface area contributed by atoms with Crippen LogP contribution in [0.15, 0.2) is 54.7 Å². The van der Waals surface area contributed by atoms with E-state index in [1.807, 2.05) is 30.3 Å². The molecule has 168 valence electrons. The summed E-state index contributed by atoms with van der Waals surface area (Å²) in [5.41, 5.74) is 2.92. The fraction of sp³-hybridized carbons (Fsp3) is 0.333. The normalized spacial score (nSPS) is 16.2.